The van der Waals surface area contributed by atoms with Crippen molar-refractivity contribution in [3.05, 3.63) is 77.6 Å². The summed E-state index contributed by atoms with van der Waals surface area (Å²) >= 11 is 5.83. The van der Waals surface area contributed by atoms with Gasteiger partial charge in [-0.15, -0.1) is 0 Å². The van der Waals surface area contributed by atoms with Crippen molar-refractivity contribution in [1.82, 2.24) is 4.98 Å². The van der Waals surface area contributed by atoms with Crippen molar-refractivity contribution in [1.29, 1.82) is 0 Å². The van der Waals surface area contributed by atoms with Crippen LogP contribution in [0.4, 0.5) is 17.1 Å². The normalized spacial score (nSPS) is 10.2. The van der Waals surface area contributed by atoms with Crippen LogP contribution in [-0.4, -0.2) is 18.0 Å². The van der Waals surface area contributed by atoms with E-state index in [1.807, 2.05) is 24.3 Å². The summed E-state index contributed by atoms with van der Waals surface area (Å²) in [5, 5.41) is 6.60. The van der Waals surface area contributed by atoms with E-state index >= 15 is 0 Å². The van der Waals surface area contributed by atoms with E-state index in [0.717, 1.165) is 17.1 Å². The molecule has 5 nitrogen and oxygen atoms in total. The summed E-state index contributed by atoms with van der Waals surface area (Å²) in [6.07, 6.45) is 1.60. The summed E-state index contributed by atoms with van der Waals surface area (Å²) in [6.45, 7) is 0. The lowest BCUT2D eigenvalue weighted by Crippen LogP contribution is -2.13. The van der Waals surface area contributed by atoms with Crippen LogP contribution in [0.5, 0.6) is 5.75 Å². The van der Waals surface area contributed by atoms with Gasteiger partial charge in [-0.3, -0.25) is 4.79 Å². The highest BCUT2D eigenvalue weighted by molar-refractivity contribution is 6.30. The number of ether oxygens (including phenoxy) is 1. The molecular weight excluding hydrogens is 338 g/mol. The number of aromatic nitrogens is 1. The Balaban J connectivity index is 1.69. The van der Waals surface area contributed by atoms with Crippen LogP contribution in [0.2, 0.25) is 5.02 Å². The first-order valence-corrected chi connectivity index (χ1v) is 7.96. The summed E-state index contributed by atoms with van der Waals surface area (Å²) < 4.78 is 5.30. The maximum Gasteiger partial charge on any atom is 0.274 e. The third-order valence-corrected chi connectivity index (χ3v) is 3.74. The molecule has 0 bridgehead atoms. The van der Waals surface area contributed by atoms with E-state index < -0.39 is 0 Å². The maximum atomic E-state index is 12.2. The first kappa shape index (κ1) is 16.8. The highest BCUT2D eigenvalue weighted by atomic mass is 35.5. The number of nitrogens with zero attached hydrogens (tertiary/aromatic N) is 1. The van der Waals surface area contributed by atoms with Crippen LogP contribution >= 0.6 is 11.6 Å². The monoisotopic (exact) mass is 353 g/mol. The van der Waals surface area contributed by atoms with Crippen molar-refractivity contribution in [2.24, 2.45) is 0 Å². The summed E-state index contributed by atoms with van der Waals surface area (Å²) in [6, 6.07) is 17.9. The third-order valence-electron chi connectivity index (χ3n) is 3.48. The molecule has 6 heteroatoms. The molecule has 1 amide bonds. The van der Waals surface area contributed by atoms with Crippen LogP contribution in [-0.2, 0) is 0 Å². The van der Waals surface area contributed by atoms with E-state index in [-0.39, 0.29) is 5.91 Å². The highest BCUT2D eigenvalue weighted by Gasteiger charge is 2.08. The number of anilines is 3. The Morgan fingerprint density at radius 3 is 2.40 bits per heavy atom. The van der Waals surface area contributed by atoms with Crippen molar-refractivity contribution >= 4 is 34.6 Å². The molecule has 0 aliphatic heterocycles. The molecule has 1 aromatic heterocycles. The van der Waals surface area contributed by atoms with E-state index in [9.17, 15) is 4.79 Å². The second-order valence-electron chi connectivity index (χ2n) is 5.22. The summed E-state index contributed by atoms with van der Waals surface area (Å²) in [7, 11) is 1.61. The number of hydrogen-bond donors (Lipinski definition) is 2. The minimum Gasteiger partial charge on any atom is -0.495 e. The van der Waals surface area contributed by atoms with Crippen molar-refractivity contribution in [2.75, 3.05) is 17.7 Å². The van der Waals surface area contributed by atoms with Gasteiger partial charge in [0.2, 0.25) is 0 Å². The van der Waals surface area contributed by atoms with E-state index in [4.69, 9.17) is 16.3 Å². The molecular formula is C19H16ClN3O2. The standard InChI is InChI=1S/C19H16ClN3O2/c1-25-18-5-3-2-4-16(18)22-15-10-11-17(21-12-15)19(24)23-14-8-6-13(20)7-9-14/h2-12,22H,1H3,(H,23,24). The van der Waals surface area contributed by atoms with Gasteiger partial charge in [0.05, 0.1) is 24.7 Å². The van der Waals surface area contributed by atoms with Crippen molar-refractivity contribution in [2.45, 2.75) is 0 Å². The number of carbonyl (C=O) groups excluding carboxylic acids is 1. The van der Waals surface area contributed by atoms with Crippen LogP contribution in [0.3, 0.4) is 0 Å². The lowest BCUT2D eigenvalue weighted by Gasteiger charge is -2.11. The lowest BCUT2D eigenvalue weighted by atomic mass is 10.2. The highest BCUT2D eigenvalue weighted by Crippen LogP contribution is 2.26. The molecule has 0 spiro atoms. The summed E-state index contributed by atoms with van der Waals surface area (Å²) in [4.78, 5) is 16.4. The minimum atomic E-state index is -0.286. The molecule has 0 radical (unpaired) electrons. The predicted octanol–water partition coefficient (Wildman–Crippen LogP) is 4.74. The first-order valence-electron chi connectivity index (χ1n) is 7.59. The van der Waals surface area contributed by atoms with Gasteiger partial charge < -0.3 is 15.4 Å². The van der Waals surface area contributed by atoms with Gasteiger partial charge in [0.25, 0.3) is 5.91 Å². The number of pyridine rings is 1. The minimum absolute atomic E-state index is 0.286. The van der Waals surface area contributed by atoms with Crippen LogP contribution in [0.15, 0.2) is 66.9 Å². The first-order chi connectivity index (χ1) is 12.2. The average molecular weight is 354 g/mol. The summed E-state index contributed by atoms with van der Waals surface area (Å²) in [5.74, 6) is 0.443. The van der Waals surface area contributed by atoms with Gasteiger partial charge in [0, 0.05) is 10.7 Å². The molecule has 2 aromatic carbocycles. The van der Waals surface area contributed by atoms with E-state index in [0.29, 0.717) is 16.4 Å². The molecule has 0 saturated carbocycles. The van der Waals surface area contributed by atoms with Gasteiger partial charge in [0.1, 0.15) is 11.4 Å². The van der Waals surface area contributed by atoms with Gasteiger partial charge in [-0.05, 0) is 48.5 Å². The molecule has 2 N–H and O–H groups in total. The van der Waals surface area contributed by atoms with Crippen LogP contribution in [0.25, 0.3) is 0 Å². The quantitative estimate of drug-likeness (QED) is 0.695. The fourth-order valence-corrected chi connectivity index (χ4v) is 2.36. The fraction of sp³-hybridized carbons (Fsp3) is 0.0526. The largest absolute Gasteiger partial charge is 0.495 e. The number of para-hydroxylation sites is 2. The molecule has 0 unspecified atom stereocenters. The molecule has 126 valence electrons. The molecule has 0 aliphatic carbocycles. The zero-order valence-corrected chi connectivity index (χ0v) is 14.2. The second-order valence-corrected chi connectivity index (χ2v) is 5.65. The Morgan fingerprint density at radius 2 is 1.72 bits per heavy atom. The predicted molar refractivity (Wildman–Crippen MR) is 99.9 cm³/mol. The van der Waals surface area contributed by atoms with Gasteiger partial charge in [-0.1, -0.05) is 23.7 Å². The molecule has 1 heterocycles. The van der Waals surface area contributed by atoms with Gasteiger partial charge >= 0.3 is 0 Å². The number of carbonyl (C=O) groups is 1. The van der Waals surface area contributed by atoms with Crippen molar-refractivity contribution in [3.8, 4) is 5.75 Å². The third kappa shape index (κ3) is 4.28. The topological polar surface area (TPSA) is 63.2 Å². The molecule has 0 saturated heterocycles. The fourth-order valence-electron chi connectivity index (χ4n) is 2.23. The maximum absolute atomic E-state index is 12.2. The van der Waals surface area contributed by atoms with Crippen molar-refractivity contribution < 1.29 is 9.53 Å². The molecule has 0 fully saturated rings. The molecule has 3 rings (SSSR count). The Kier molecular flexibility index (Phi) is 5.16. The van der Waals surface area contributed by atoms with E-state index in [1.165, 1.54) is 0 Å². The van der Waals surface area contributed by atoms with Crippen molar-refractivity contribution in [3.63, 3.8) is 0 Å². The smallest absolute Gasteiger partial charge is 0.274 e. The number of rotatable bonds is 5. The molecule has 0 atom stereocenters. The summed E-state index contributed by atoms with van der Waals surface area (Å²) in [5.41, 5.74) is 2.56. The molecule has 25 heavy (non-hydrogen) atoms. The van der Waals surface area contributed by atoms with E-state index in [1.54, 1.807) is 49.7 Å². The average Bonchev–Trinajstić information content (AvgIpc) is 2.64. The lowest BCUT2D eigenvalue weighted by molar-refractivity contribution is 0.102. The number of hydrogen-bond acceptors (Lipinski definition) is 4. The Labute approximate surface area is 150 Å². The number of halogens is 1. The Morgan fingerprint density at radius 1 is 1.00 bits per heavy atom. The second kappa shape index (κ2) is 7.68. The zero-order chi connectivity index (χ0) is 17.6. The van der Waals surface area contributed by atoms with E-state index in [2.05, 4.69) is 15.6 Å². The SMILES string of the molecule is COc1ccccc1Nc1ccc(C(=O)Nc2ccc(Cl)cc2)nc1. The zero-order valence-electron chi connectivity index (χ0n) is 13.5. The van der Waals surface area contributed by atoms with Gasteiger partial charge in [0.15, 0.2) is 0 Å². The van der Waals surface area contributed by atoms with Crippen LogP contribution in [0, 0.1) is 0 Å². The van der Waals surface area contributed by atoms with Gasteiger partial charge in [-0.2, -0.15) is 0 Å². The number of methoxy groups -OCH3 is 1. The number of benzene rings is 2. The molecule has 0 aliphatic rings. The van der Waals surface area contributed by atoms with Crippen LogP contribution < -0.4 is 15.4 Å². The van der Waals surface area contributed by atoms with Gasteiger partial charge in [-0.25, -0.2) is 4.98 Å². The Bertz CT molecular complexity index is 865. The number of nitrogens with one attached hydrogen (secondary N) is 2. The van der Waals surface area contributed by atoms with Crippen LogP contribution in [0.1, 0.15) is 10.5 Å². The Hall–Kier alpha value is -3.05. The molecule has 3 aromatic rings. The number of amides is 1.